The van der Waals surface area contributed by atoms with Crippen LogP contribution in [-0.2, 0) is 14.8 Å². The molecule has 118 valence electrons. The third-order valence-corrected chi connectivity index (χ3v) is 3.80. The largest absolute Gasteiger partial charge is 0.494 e. The Kier molecular flexibility index (Phi) is 6.48. The highest BCUT2D eigenvalue weighted by Crippen LogP contribution is 2.21. The van der Waals surface area contributed by atoms with Gasteiger partial charge in [0.25, 0.3) is 0 Å². The zero-order chi connectivity index (χ0) is 15.9. The number of amides is 1. The molecule has 1 N–H and O–H groups in total. The lowest BCUT2D eigenvalue weighted by Crippen LogP contribution is -2.40. The summed E-state index contributed by atoms with van der Waals surface area (Å²) in [6, 6.07) is 6.65. The van der Waals surface area contributed by atoms with Gasteiger partial charge in [-0.15, -0.1) is 0 Å². The van der Waals surface area contributed by atoms with E-state index in [0.29, 0.717) is 24.6 Å². The van der Waals surface area contributed by atoms with Crippen LogP contribution in [0.25, 0.3) is 0 Å². The van der Waals surface area contributed by atoms with Gasteiger partial charge < -0.3 is 10.1 Å². The van der Waals surface area contributed by atoms with Crippen LogP contribution in [0.3, 0.4) is 0 Å². The number of carbonyl (C=O) groups is 1. The zero-order valence-electron chi connectivity index (χ0n) is 12.6. The van der Waals surface area contributed by atoms with E-state index in [1.54, 1.807) is 31.2 Å². The summed E-state index contributed by atoms with van der Waals surface area (Å²) in [4.78, 5) is 11.6. The molecule has 7 heteroatoms. The van der Waals surface area contributed by atoms with Crippen molar-refractivity contribution >= 4 is 21.6 Å². The van der Waals surface area contributed by atoms with E-state index in [1.807, 2.05) is 6.92 Å². The summed E-state index contributed by atoms with van der Waals surface area (Å²) in [5.41, 5.74) is 0.438. The summed E-state index contributed by atoms with van der Waals surface area (Å²) < 4.78 is 30.2. The van der Waals surface area contributed by atoms with E-state index in [9.17, 15) is 13.2 Å². The summed E-state index contributed by atoms with van der Waals surface area (Å²) in [5, 5.41) is 2.59. The number of anilines is 1. The highest BCUT2D eigenvalue weighted by Gasteiger charge is 2.20. The highest BCUT2D eigenvalue weighted by atomic mass is 32.2. The average Bonchev–Trinajstić information content (AvgIpc) is 2.42. The molecule has 0 aliphatic carbocycles. The van der Waals surface area contributed by atoms with E-state index in [2.05, 4.69) is 5.32 Å². The molecule has 0 aliphatic rings. The minimum absolute atomic E-state index is 0.234. The Morgan fingerprint density at radius 3 is 2.33 bits per heavy atom. The van der Waals surface area contributed by atoms with Gasteiger partial charge in [0.15, 0.2) is 0 Å². The number of rotatable bonds is 8. The Balaban J connectivity index is 2.91. The van der Waals surface area contributed by atoms with Crippen molar-refractivity contribution in [2.24, 2.45) is 0 Å². The smallest absolute Gasteiger partial charge is 0.240 e. The standard InChI is InChI=1S/C14H22N2O4S/c1-4-10-20-13-8-6-12(7-9-13)16(21(3,18)19)11-14(17)15-5-2/h6-9H,4-5,10-11H2,1-3H3,(H,15,17). The molecule has 21 heavy (non-hydrogen) atoms. The number of likely N-dealkylation sites (N-methyl/N-ethyl adjacent to an activating group) is 1. The number of carbonyl (C=O) groups excluding carboxylic acids is 1. The van der Waals surface area contributed by atoms with Gasteiger partial charge in [0.05, 0.1) is 18.6 Å². The number of benzene rings is 1. The zero-order valence-corrected chi connectivity index (χ0v) is 13.4. The number of ether oxygens (including phenoxy) is 1. The van der Waals surface area contributed by atoms with E-state index in [-0.39, 0.29) is 12.5 Å². The second-order valence-electron chi connectivity index (χ2n) is 4.57. The first kappa shape index (κ1) is 17.3. The molecule has 0 aromatic heterocycles. The summed E-state index contributed by atoms with van der Waals surface area (Å²) in [7, 11) is -3.53. The summed E-state index contributed by atoms with van der Waals surface area (Å²) in [5.74, 6) is 0.335. The number of nitrogens with one attached hydrogen (secondary N) is 1. The Hall–Kier alpha value is -1.76. The van der Waals surface area contributed by atoms with Gasteiger partial charge in [-0.3, -0.25) is 9.10 Å². The Morgan fingerprint density at radius 1 is 1.24 bits per heavy atom. The molecule has 0 spiro atoms. The van der Waals surface area contributed by atoms with E-state index in [1.165, 1.54) is 0 Å². The summed E-state index contributed by atoms with van der Waals surface area (Å²) >= 11 is 0. The Bertz CT molecular complexity index is 555. The minimum Gasteiger partial charge on any atom is -0.494 e. The summed E-state index contributed by atoms with van der Waals surface area (Å²) in [6.07, 6.45) is 1.97. The molecular formula is C14H22N2O4S. The molecule has 0 aliphatic heterocycles. The van der Waals surface area contributed by atoms with Gasteiger partial charge in [-0.1, -0.05) is 6.92 Å². The maximum atomic E-state index is 11.8. The SMILES string of the molecule is CCCOc1ccc(N(CC(=O)NCC)S(C)(=O)=O)cc1. The van der Waals surface area contributed by atoms with E-state index < -0.39 is 10.0 Å². The lowest BCUT2D eigenvalue weighted by Gasteiger charge is -2.22. The fourth-order valence-electron chi connectivity index (χ4n) is 1.71. The van der Waals surface area contributed by atoms with Gasteiger partial charge >= 0.3 is 0 Å². The Morgan fingerprint density at radius 2 is 1.86 bits per heavy atom. The number of hydrogen-bond acceptors (Lipinski definition) is 4. The van der Waals surface area contributed by atoms with Crippen molar-refractivity contribution in [1.29, 1.82) is 0 Å². The van der Waals surface area contributed by atoms with Gasteiger partial charge in [-0.05, 0) is 37.6 Å². The first-order valence-corrected chi connectivity index (χ1v) is 8.70. The van der Waals surface area contributed by atoms with Gasteiger partial charge in [0, 0.05) is 6.54 Å². The topological polar surface area (TPSA) is 75.7 Å². The van der Waals surface area contributed by atoms with Crippen LogP contribution in [0.2, 0.25) is 0 Å². The summed E-state index contributed by atoms with van der Waals surface area (Å²) in [6.45, 7) is 4.62. The maximum absolute atomic E-state index is 11.8. The predicted octanol–water partition coefficient (Wildman–Crippen LogP) is 1.38. The van der Waals surface area contributed by atoms with Gasteiger partial charge in [0.2, 0.25) is 15.9 Å². The average molecular weight is 314 g/mol. The third kappa shape index (κ3) is 5.63. The van der Waals surface area contributed by atoms with E-state index >= 15 is 0 Å². The third-order valence-electron chi connectivity index (χ3n) is 2.66. The van der Waals surface area contributed by atoms with Gasteiger partial charge in [-0.25, -0.2) is 8.42 Å². The van der Waals surface area contributed by atoms with Crippen molar-refractivity contribution < 1.29 is 17.9 Å². The molecule has 1 amide bonds. The highest BCUT2D eigenvalue weighted by molar-refractivity contribution is 7.92. The second kappa shape index (κ2) is 7.87. The molecule has 0 radical (unpaired) electrons. The monoisotopic (exact) mass is 314 g/mol. The van der Waals surface area contributed by atoms with Crippen molar-refractivity contribution in [2.45, 2.75) is 20.3 Å². The lowest BCUT2D eigenvalue weighted by atomic mass is 10.3. The van der Waals surface area contributed by atoms with Crippen LogP contribution in [-0.4, -0.2) is 40.3 Å². The van der Waals surface area contributed by atoms with Crippen LogP contribution in [0.5, 0.6) is 5.75 Å². The predicted molar refractivity (Wildman–Crippen MR) is 83.1 cm³/mol. The molecule has 0 saturated heterocycles. The van der Waals surface area contributed by atoms with Crippen LogP contribution in [0, 0.1) is 0 Å². The molecule has 0 heterocycles. The van der Waals surface area contributed by atoms with Crippen molar-refractivity contribution in [3.8, 4) is 5.75 Å². The van der Waals surface area contributed by atoms with Crippen molar-refractivity contribution in [3.63, 3.8) is 0 Å². The first-order chi connectivity index (χ1) is 9.88. The van der Waals surface area contributed by atoms with Crippen molar-refractivity contribution in [2.75, 3.05) is 30.3 Å². The number of sulfonamides is 1. The molecular weight excluding hydrogens is 292 g/mol. The second-order valence-corrected chi connectivity index (χ2v) is 6.47. The van der Waals surface area contributed by atoms with Gasteiger partial charge in [-0.2, -0.15) is 0 Å². The molecule has 1 aromatic carbocycles. The van der Waals surface area contributed by atoms with Crippen LogP contribution in [0.4, 0.5) is 5.69 Å². The lowest BCUT2D eigenvalue weighted by molar-refractivity contribution is -0.119. The maximum Gasteiger partial charge on any atom is 0.240 e. The number of hydrogen-bond donors (Lipinski definition) is 1. The molecule has 0 atom stereocenters. The first-order valence-electron chi connectivity index (χ1n) is 6.85. The molecule has 0 saturated carbocycles. The molecule has 0 bridgehead atoms. The molecule has 1 aromatic rings. The molecule has 0 unspecified atom stereocenters. The van der Waals surface area contributed by atoms with Crippen molar-refractivity contribution in [3.05, 3.63) is 24.3 Å². The van der Waals surface area contributed by atoms with Crippen LogP contribution in [0.15, 0.2) is 24.3 Å². The Labute approximate surface area is 126 Å². The number of nitrogens with zero attached hydrogens (tertiary/aromatic N) is 1. The van der Waals surface area contributed by atoms with E-state index in [0.717, 1.165) is 17.0 Å². The van der Waals surface area contributed by atoms with Crippen LogP contribution >= 0.6 is 0 Å². The molecule has 0 fully saturated rings. The fourth-order valence-corrected chi connectivity index (χ4v) is 2.57. The van der Waals surface area contributed by atoms with Crippen LogP contribution < -0.4 is 14.4 Å². The normalized spacial score (nSPS) is 11.0. The van der Waals surface area contributed by atoms with Gasteiger partial charge in [0.1, 0.15) is 12.3 Å². The van der Waals surface area contributed by atoms with Crippen LogP contribution in [0.1, 0.15) is 20.3 Å². The minimum atomic E-state index is -3.53. The molecule has 6 nitrogen and oxygen atoms in total. The molecule has 1 rings (SSSR count). The van der Waals surface area contributed by atoms with E-state index in [4.69, 9.17) is 4.74 Å². The quantitative estimate of drug-likeness (QED) is 0.786. The van der Waals surface area contributed by atoms with Crippen molar-refractivity contribution in [1.82, 2.24) is 5.32 Å². The fraction of sp³-hybridized carbons (Fsp3) is 0.500.